The van der Waals surface area contributed by atoms with Crippen LogP contribution < -0.4 is 0 Å². The Bertz CT molecular complexity index is 318. The summed E-state index contributed by atoms with van der Waals surface area (Å²) in [6.07, 6.45) is 1.21. The molecule has 1 rings (SSSR count). The minimum atomic E-state index is 0.189. The van der Waals surface area contributed by atoms with Gasteiger partial charge in [-0.15, -0.1) is 0 Å². The summed E-state index contributed by atoms with van der Waals surface area (Å²) in [7, 11) is 0. The Morgan fingerprint density at radius 3 is 2.47 bits per heavy atom. The highest BCUT2D eigenvalue weighted by Gasteiger charge is 2.20. The van der Waals surface area contributed by atoms with Gasteiger partial charge in [-0.2, -0.15) is 5.10 Å². The zero-order chi connectivity index (χ0) is 11.6. The molecule has 1 aromatic heterocycles. The fourth-order valence-electron chi connectivity index (χ4n) is 1.71. The van der Waals surface area contributed by atoms with Crippen molar-refractivity contribution in [2.24, 2.45) is 5.92 Å². The van der Waals surface area contributed by atoms with Crippen LogP contribution in [-0.4, -0.2) is 9.78 Å². The Morgan fingerprint density at radius 1 is 1.40 bits per heavy atom. The standard InChI is InChI=1S/C13H24N2/c1-7-10(2)9-15-12(13(4,5)6)8-11(3)14-15/h8,10H,7,9H2,1-6H3. The Balaban J connectivity index is 2.96. The van der Waals surface area contributed by atoms with Crippen molar-refractivity contribution in [3.05, 3.63) is 17.5 Å². The first kappa shape index (κ1) is 12.3. The summed E-state index contributed by atoms with van der Waals surface area (Å²) in [5.41, 5.74) is 2.66. The lowest BCUT2D eigenvalue weighted by atomic mass is 9.91. The average Bonchev–Trinajstić information content (AvgIpc) is 2.45. The van der Waals surface area contributed by atoms with Crippen molar-refractivity contribution < 1.29 is 0 Å². The van der Waals surface area contributed by atoms with Crippen LogP contribution in [0, 0.1) is 12.8 Å². The van der Waals surface area contributed by atoms with Gasteiger partial charge in [0.1, 0.15) is 0 Å². The molecular weight excluding hydrogens is 184 g/mol. The van der Waals surface area contributed by atoms with Gasteiger partial charge in [-0.1, -0.05) is 41.0 Å². The highest BCUT2D eigenvalue weighted by molar-refractivity contribution is 5.17. The summed E-state index contributed by atoms with van der Waals surface area (Å²) in [6, 6.07) is 2.21. The first-order chi connectivity index (χ1) is 6.84. The van der Waals surface area contributed by atoms with E-state index in [0.717, 1.165) is 12.2 Å². The smallest absolute Gasteiger partial charge is 0.0596 e. The topological polar surface area (TPSA) is 17.8 Å². The van der Waals surface area contributed by atoms with Crippen LogP contribution in [0.2, 0.25) is 0 Å². The molecule has 0 bridgehead atoms. The molecule has 1 aromatic rings. The number of rotatable bonds is 3. The molecule has 0 radical (unpaired) electrons. The second-order valence-corrected chi connectivity index (χ2v) is 5.62. The van der Waals surface area contributed by atoms with E-state index in [9.17, 15) is 0 Å². The molecule has 1 atom stereocenters. The molecule has 0 aliphatic heterocycles. The highest BCUT2D eigenvalue weighted by atomic mass is 15.3. The SMILES string of the molecule is CCC(C)Cn1nc(C)cc1C(C)(C)C. The number of aryl methyl sites for hydroxylation is 1. The van der Waals surface area contributed by atoms with E-state index in [0.29, 0.717) is 5.92 Å². The molecule has 1 heterocycles. The molecule has 0 spiro atoms. The third-order valence-corrected chi connectivity index (χ3v) is 2.85. The normalized spacial score (nSPS) is 14.3. The minimum absolute atomic E-state index is 0.189. The molecule has 0 saturated heterocycles. The molecule has 2 heteroatoms. The predicted molar refractivity (Wildman–Crippen MR) is 65.1 cm³/mol. The fraction of sp³-hybridized carbons (Fsp3) is 0.769. The summed E-state index contributed by atoms with van der Waals surface area (Å²) >= 11 is 0. The molecule has 0 amide bonds. The monoisotopic (exact) mass is 208 g/mol. The van der Waals surface area contributed by atoms with E-state index in [1.807, 2.05) is 0 Å². The largest absolute Gasteiger partial charge is 0.269 e. The van der Waals surface area contributed by atoms with Crippen molar-refractivity contribution >= 4 is 0 Å². The Labute approximate surface area is 93.7 Å². The lowest BCUT2D eigenvalue weighted by Crippen LogP contribution is -2.20. The molecule has 0 N–H and O–H groups in total. The Kier molecular flexibility index (Phi) is 3.58. The van der Waals surface area contributed by atoms with Crippen LogP contribution in [0.5, 0.6) is 0 Å². The minimum Gasteiger partial charge on any atom is -0.269 e. The predicted octanol–water partition coefficient (Wildman–Crippen LogP) is 3.54. The van der Waals surface area contributed by atoms with E-state index in [4.69, 9.17) is 0 Å². The lowest BCUT2D eigenvalue weighted by molar-refractivity contribution is 0.401. The quantitative estimate of drug-likeness (QED) is 0.743. The molecule has 0 saturated carbocycles. The molecule has 0 fully saturated rings. The average molecular weight is 208 g/mol. The van der Waals surface area contributed by atoms with Gasteiger partial charge in [0.05, 0.1) is 5.69 Å². The van der Waals surface area contributed by atoms with Gasteiger partial charge in [0.2, 0.25) is 0 Å². The maximum absolute atomic E-state index is 4.58. The second kappa shape index (κ2) is 4.38. The van der Waals surface area contributed by atoms with Crippen molar-refractivity contribution in [3.63, 3.8) is 0 Å². The van der Waals surface area contributed by atoms with Crippen LogP contribution >= 0.6 is 0 Å². The number of hydrogen-bond acceptors (Lipinski definition) is 1. The maximum Gasteiger partial charge on any atom is 0.0596 e. The fourth-order valence-corrected chi connectivity index (χ4v) is 1.71. The van der Waals surface area contributed by atoms with E-state index < -0.39 is 0 Å². The van der Waals surface area contributed by atoms with Crippen molar-refractivity contribution in [1.29, 1.82) is 0 Å². The van der Waals surface area contributed by atoms with Crippen LogP contribution in [-0.2, 0) is 12.0 Å². The van der Waals surface area contributed by atoms with Crippen LogP contribution in [0.1, 0.15) is 52.4 Å². The summed E-state index contributed by atoms with van der Waals surface area (Å²) in [6.45, 7) is 14.4. The van der Waals surface area contributed by atoms with Gasteiger partial charge in [-0.05, 0) is 18.9 Å². The maximum atomic E-state index is 4.58. The molecule has 0 aromatic carbocycles. The molecular formula is C13H24N2. The second-order valence-electron chi connectivity index (χ2n) is 5.62. The molecule has 1 unspecified atom stereocenters. The van der Waals surface area contributed by atoms with E-state index in [2.05, 4.69) is 57.4 Å². The zero-order valence-electron chi connectivity index (χ0n) is 11.0. The van der Waals surface area contributed by atoms with Crippen molar-refractivity contribution in [2.75, 3.05) is 0 Å². The first-order valence-electron chi connectivity index (χ1n) is 5.89. The summed E-state index contributed by atoms with van der Waals surface area (Å²) in [4.78, 5) is 0. The van der Waals surface area contributed by atoms with Crippen molar-refractivity contribution in [1.82, 2.24) is 9.78 Å². The number of hydrogen-bond donors (Lipinski definition) is 0. The number of aromatic nitrogens is 2. The van der Waals surface area contributed by atoms with Crippen LogP contribution in [0.4, 0.5) is 0 Å². The van der Waals surface area contributed by atoms with E-state index in [1.54, 1.807) is 0 Å². The summed E-state index contributed by atoms with van der Waals surface area (Å²) in [5, 5.41) is 4.58. The molecule has 86 valence electrons. The van der Waals surface area contributed by atoms with Crippen LogP contribution in [0.25, 0.3) is 0 Å². The third kappa shape index (κ3) is 3.08. The van der Waals surface area contributed by atoms with Gasteiger partial charge in [0.15, 0.2) is 0 Å². The van der Waals surface area contributed by atoms with Gasteiger partial charge in [-0.25, -0.2) is 0 Å². The van der Waals surface area contributed by atoms with E-state index in [-0.39, 0.29) is 5.41 Å². The first-order valence-corrected chi connectivity index (χ1v) is 5.89. The Morgan fingerprint density at radius 2 is 2.00 bits per heavy atom. The van der Waals surface area contributed by atoms with Crippen LogP contribution in [0.3, 0.4) is 0 Å². The van der Waals surface area contributed by atoms with E-state index in [1.165, 1.54) is 12.1 Å². The van der Waals surface area contributed by atoms with Crippen LogP contribution in [0.15, 0.2) is 6.07 Å². The molecule has 0 aliphatic carbocycles. The van der Waals surface area contributed by atoms with Gasteiger partial charge in [-0.3, -0.25) is 4.68 Å². The molecule has 15 heavy (non-hydrogen) atoms. The van der Waals surface area contributed by atoms with Crippen molar-refractivity contribution in [2.45, 2.75) is 59.9 Å². The molecule has 2 nitrogen and oxygen atoms in total. The lowest BCUT2D eigenvalue weighted by Gasteiger charge is -2.21. The van der Waals surface area contributed by atoms with Crippen molar-refractivity contribution in [3.8, 4) is 0 Å². The van der Waals surface area contributed by atoms with Gasteiger partial charge in [0.25, 0.3) is 0 Å². The summed E-state index contributed by atoms with van der Waals surface area (Å²) in [5.74, 6) is 0.699. The zero-order valence-corrected chi connectivity index (χ0v) is 11.0. The summed E-state index contributed by atoms with van der Waals surface area (Å²) < 4.78 is 2.18. The van der Waals surface area contributed by atoms with Gasteiger partial charge in [0, 0.05) is 17.7 Å². The Hall–Kier alpha value is -0.790. The van der Waals surface area contributed by atoms with Gasteiger partial charge >= 0.3 is 0 Å². The highest BCUT2D eigenvalue weighted by Crippen LogP contribution is 2.23. The molecule has 0 aliphatic rings. The third-order valence-electron chi connectivity index (χ3n) is 2.85. The van der Waals surface area contributed by atoms with Gasteiger partial charge < -0.3 is 0 Å². The number of nitrogens with zero attached hydrogens (tertiary/aromatic N) is 2. The van der Waals surface area contributed by atoms with E-state index >= 15 is 0 Å².